The Labute approximate surface area is 202 Å². The monoisotopic (exact) mass is 483 g/mol. The van der Waals surface area contributed by atoms with Gasteiger partial charge in [0, 0.05) is 13.0 Å². The number of hydrogen-bond donors (Lipinski definition) is 0. The second-order valence-corrected chi connectivity index (χ2v) is 8.98. The molecule has 1 aromatic heterocycles. The van der Waals surface area contributed by atoms with E-state index in [-0.39, 0.29) is 30.0 Å². The Kier molecular flexibility index (Phi) is 7.20. The van der Waals surface area contributed by atoms with Crippen molar-refractivity contribution in [2.75, 3.05) is 25.5 Å². The summed E-state index contributed by atoms with van der Waals surface area (Å²) in [5.74, 6) is -1.57. The van der Waals surface area contributed by atoms with Crippen molar-refractivity contribution in [3.63, 3.8) is 0 Å². The number of halogens is 2. The highest BCUT2D eigenvalue weighted by Crippen LogP contribution is 2.32. The average molecular weight is 484 g/mol. The lowest BCUT2D eigenvalue weighted by Gasteiger charge is -2.15. The minimum atomic E-state index is -0.780. The zero-order chi connectivity index (χ0) is 25.1. The molecular formula is C25H27F2N5O3. The van der Waals surface area contributed by atoms with Crippen LogP contribution in [0.5, 0.6) is 0 Å². The third kappa shape index (κ3) is 5.89. The van der Waals surface area contributed by atoms with Gasteiger partial charge in [-0.3, -0.25) is 4.90 Å². The predicted molar refractivity (Wildman–Crippen MR) is 126 cm³/mol. The molecule has 1 aliphatic heterocycles. The van der Waals surface area contributed by atoms with Gasteiger partial charge in [-0.15, -0.1) is 5.10 Å². The number of hydrogen-bond acceptors (Lipinski definition) is 6. The van der Waals surface area contributed by atoms with Crippen molar-refractivity contribution in [3.05, 3.63) is 65.5 Å². The molecule has 1 saturated heterocycles. The van der Waals surface area contributed by atoms with E-state index < -0.39 is 23.8 Å². The van der Waals surface area contributed by atoms with Crippen molar-refractivity contribution >= 4 is 17.6 Å². The van der Waals surface area contributed by atoms with Gasteiger partial charge < -0.3 is 14.4 Å². The number of carbonyl (C=O) groups is 2. The summed E-state index contributed by atoms with van der Waals surface area (Å²) in [5, 5.41) is 8.24. The average Bonchev–Trinajstić information content (AvgIpc) is 3.38. The van der Waals surface area contributed by atoms with Gasteiger partial charge >= 0.3 is 6.09 Å². The van der Waals surface area contributed by atoms with E-state index >= 15 is 0 Å². The number of nitrogens with zero attached hydrogens (tertiary/aromatic N) is 5. The van der Waals surface area contributed by atoms with Gasteiger partial charge in [0.1, 0.15) is 23.5 Å². The number of rotatable bonds is 9. The number of benzene rings is 2. The van der Waals surface area contributed by atoms with Crippen LogP contribution in [0.25, 0.3) is 11.1 Å². The van der Waals surface area contributed by atoms with Crippen molar-refractivity contribution in [3.8, 4) is 11.1 Å². The molecule has 1 atom stereocenters. The minimum absolute atomic E-state index is 0.0117. The quantitative estimate of drug-likeness (QED) is 0.457. The first-order valence-corrected chi connectivity index (χ1v) is 11.3. The van der Waals surface area contributed by atoms with Crippen molar-refractivity contribution in [2.24, 2.45) is 0 Å². The van der Waals surface area contributed by atoms with E-state index in [4.69, 9.17) is 4.74 Å². The van der Waals surface area contributed by atoms with Crippen LogP contribution in [0.3, 0.4) is 0 Å². The van der Waals surface area contributed by atoms with Gasteiger partial charge in [-0.2, -0.15) is 0 Å². The Hall–Kier alpha value is -3.66. The van der Waals surface area contributed by atoms with Gasteiger partial charge in [-0.1, -0.05) is 29.5 Å². The number of aromatic nitrogens is 3. The Bertz CT molecular complexity index is 1200. The maximum absolute atomic E-state index is 15.0. The summed E-state index contributed by atoms with van der Waals surface area (Å²) in [4.78, 5) is 26.6. The summed E-state index contributed by atoms with van der Waals surface area (Å²) in [6.07, 6.45) is 1.33. The highest BCUT2D eigenvalue weighted by molar-refractivity contribution is 5.90. The predicted octanol–water partition coefficient (Wildman–Crippen LogP) is 4.03. The Morgan fingerprint density at radius 2 is 1.86 bits per heavy atom. The van der Waals surface area contributed by atoms with Crippen LogP contribution in [0.4, 0.5) is 19.3 Å². The number of ketones is 1. The highest BCUT2D eigenvalue weighted by Gasteiger charge is 2.33. The molecule has 2 heterocycles. The van der Waals surface area contributed by atoms with Crippen molar-refractivity contribution < 1.29 is 23.1 Å². The summed E-state index contributed by atoms with van der Waals surface area (Å²) < 4.78 is 36.9. The molecule has 8 nitrogen and oxygen atoms in total. The molecule has 35 heavy (non-hydrogen) atoms. The van der Waals surface area contributed by atoms with Crippen LogP contribution in [0, 0.1) is 11.6 Å². The van der Waals surface area contributed by atoms with Crippen molar-refractivity contribution in [2.45, 2.75) is 39.0 Å². The van der Waals surface area contributed by atoms with Crippen LogP contribution in [0.2, 0.25) is 0 Å². The summed E-state index contributed by atoms with van der Waals surface area (Å²) in [5.41, 5.74) is 2.04. The molecule has 0 spiro atoms. The third-order valence-electron chi connectivity index (χ3n) is 5.68. The smallest absolute Gasteiger partial charge is 0.414 e. The van der Waals surface area contributed by atoms with Crippen LogP contribution in [-0.2, 0) is 22.6 Å². The SMILES string of the molecule is CC(=O)CC[C@H]1CN(c2cc(F)c(-c3ccc(Cn4cc(CN(C)C)nn4)cc3)c(F)c2)C(=O)O1. The van der Waals surface area contributed by atoms with E-state index in [1.165, 1.54) is 11.8 Å². The molecule has 184 valence electrons. The molecule has 2 aromatic carbocycles. The van der Waals surface area contributed by atoms with Gasteiger partial charge in [0.2, 0.25) is 0 Å². The van der Waals surface area contributed by atoms with Gasteiger partial charge in [-0.25, -0.2) is 18.3 Å². The van der Waals surface area contributed by atoms with Crippen LogP contribution >= 0.6 is 0 Å². The molecule has 0 unspecified atom stereocenters. The van der Waals surface area contributed by atoms with Gasteiger partial charge in [0.05, 0.1) is 36.2 Å². The van der Waals surface area contributed by atoms with Crippen LogP contribution in [-0.4, -0.2) is 58.5 Å². The zero-order valence-corrected chi connectivity index (χ0v) is 19.9. The lowest BCUT2D eigenvalue weighted by atomic mass is 10.0. The lowest BCUT2D eigenvalue weighted by Crippen LogP contribution is -2.25. The maximum atomic E-state index is 15.0. The lowest BCUT2D eigenvalue weighted by molar-refractivity contribution is -0.117. The second kappa shape index (κ2) is 10.3. The fourth-order valence-corrected chi connectivity index (χ4v) is 4.01. The van der Waals surface area contributed by atoms with Crippen LogP contribution < -0.4 is 4.90 Å². The van der Waals surface area contributed by atoms with Crippen molar-refractivity contribution in [1.29, 1.82) is 0 Å². The van der Waals surface area contributed by atoms with E-state index in [1.54, 1.807) is 28.9 Å². The Balaban J connectivity index is 1.47. The van der Waals surface area contributed by atoms with Crippen LogP contribution in [0.15, 0.2) is 42.6 Å². The minimum Gasteiger partial charge on any atom is -0.444 e. The Morgan fingerprint density at radius 3 is 2.49 bits per heavy atom. The van der Waals surface area contributed by atoms with Crippen LogP contribution in [0.1, 0.15) is 31.0 Å². The molecule has 1 fully saturated rings. The number of ether oxygens (including phenoxy) is 1. The summed E-state index contributed by atoms with van der Waals surface area (Å²) in [6.45, 7) is 2.76. The standard InChI is InChI=1S/C25H27F2N5O3/c1-16(33)4-9-21-15-32(25(34)35-21)20-10-22(26)24(23(27)11-20)18-7-5-17(6-8-18)12-31-14-19(28-29-31)13-30(2)3/h5-8,10-11,14,21H,4,9,12-13,15H2,1-3H3/t21-/m0/s1. The molecular weight excluding hydrogens is 456 g/mol. The molecule has 1 aliphatic rings. The second-order valence-electron chi connectivity index (χ2n) is 8.98. The molecule has 1 amide bonds. The zero-order valence-electron chi connectivity index (χ0n) is 19.9. The van der Waals surface area contributed by atoms with Gasteiger partial charge in [0.15, 0.2) is 0 Å². The molecule has 0 radical (unpaired) electrons. The first-order chi connectivity index (χ1) is 16.7. The molecule has 0 aliphatic carbocycles. The molecule has 3 aromatic rings. The molecule has 4 rings (SSSR count). The fourth-order valence-electron chi connectivity index (χ4n) is 4.01. The molecule has 10 heteroatoms. The molecule has 0 bridgehead atoms. The van der Waals surface area contributed by atoms with E-state index in [9.17, 15) is 18.4 Å². The first kappa shape index (κ1) is 24.5. The van der Waals surface area contributed by atoms with Gasteiger partial charge in [-0.05, 0) is 50.7 Å². The van der Waals surface area contributed by atoms with E-state index in [1.807, 2.05) is 25.2 Å². The number of carbonyl (C=O) groups excluding carboxylic acids is 2. The molecule has 0 saturated carbocycles. The summed E-state index contributed by atoms with van der Waals surface area (Å²) in [6, 6.07) is 9.12. The molecule has 0 N–H and O–H groups in total. The van der Waals surface area contributed by atoms with Gasteiger partial charge in [0.25, 0.3) is 0 Å². The fraction of sp³-hybridized carbons (Fsp3) is 0.360. The number of cyclic esters (lactones) is 1. The van der Waals surface area contributed by atoms with E-state index in [0.29, 0.717) is 25.1 Å². The summed E-state index contributed by atoms with van der Waals surface area (Å²) in [7, 11) is 3.90. The summed E-state index contributed by atoms with van der Waals surface area (Å²) >= 11 is 0. The number of Topliss-reactive ketones (excluding diaryl/α,β-unsaturated/α-hetero) is 1. The third-order valence-corrected chi connectivity index (χ3v) is 5.68. The number of anilines is 1. The normalized spacial score (nSPS) is 15.7. The largest absolute Gasteiger partial charge is 0.444 e. The maximum Gasteiger partial charge on any atom is 0.414 e. The number of amides is 1. The topological polar surface area (TPSA) is 80.6 Å². The Morgan fingerprint density at radius 1 is 1.17 bits per heavy atom. The van der Waals surface area contributed by atoms with E-state index in [2.05, 4.69) is 10.3 Å². The van der Waals surface area contributed by atoms with Crippen molar-refractivity contribution in [1.82, 2.24) is 19.9 Å². The van der Waals surface area contributed by atoms with E-state index in [0.717, 1.165) is 23.4 Å². The highest BCUT2D eigenvalue weighted by atomic mass is 19.1. The first-order valence-electron chi connectivity index (χ1n) is 11.3.